The quantitative estimate of drug-likeness (QED) is 0.680. The van der Waals surface area contributed by atoms with E-state index >= 15 is 0 Å². The highest BCUT2D eigenvalue weighted by atomic mass is 19.1. The number of urea groups is 1. The molecule has 0 aliphatic carbocycles. The van der Waals surface area contributed by atoms with E-state index in [2.05, 4.69) is 16.0 Å². The van der Waals surface area contributed by atoms with Crippen molar-refractivity contribution in [2.45, 2.75) is 31.8 Å². The Morgan fingerprint density at radius 1 is 1.04 bits per heavy atom. The molecule has 1 fully saturated rings. The molecule has 0 bridgehead atoms. The molecule has 0 saturated carbocycles. The van der Waals surface area contributed by atoms with E-state index < -0.39 is 0 Å². The summed E-state index contributed by atoms with van der Waals surface area (Å²) in [6.07, 6.45) is 2.61. The summed E-state index contributed by atoms with van der Waals surface area (Å²) in [4.78, 5) is 23.9. The molecule has 3 amide bonds. The predicted octanol–water partition coefficient (Wildman–Crippen LogP) is 3.70. The van der Waals surface area contributed by atoms with Gasteiger partial charge in [0.05, 0.1) is 6.10 Å². The maximum absolute atomic E-state index is 13.6. The van der Waals surface area contributed by atoms with Crippen LogP contribution in [0.1, 0.15) is 24.8 Å². The van der Waals surface area contributed by atoms with Crippen LogP contribution in [0.3, 0.4) is 0 Å². The van der Waals surface area contributed by atoms with Crippen molar-refractivity contribution >= 4 is 23.3 Å². The largest absolute Gasteiger partial charge is 0.376 e. The Kier molecular flexibility index (Phi) is 6.97. The highest BCUT2D eigenvalue weighted by molar-refractivity contribution is 5.92. The van der Waals surface area contributed by atoms with Crippen LogP contribution in [-0.4, -0.2) is 31.2 Å². The van der Waals surface area contributed by atoms with Crippen LogP contribution in [0.4, 0.5) is 20.6 Å². The van der Waals surface area contributed by atoms with Crippen molar-refractivity contribution in [3.05, 3.63) is 59.9 Å². The SMILES string of the molecule is O=C(CCc1ccccc1F)Nc1ccc(NC(=O)NCC2CCCO2)cc1. The first-order valence-corrected chi connectivity index (χ1v) is 9.40. The lowest BCUT2D eigenvalue weighted by Gasteiger charge is -2.12. The maximum Gasteiger partial charge on any atom is 0.319 e. The molecule has 1 aliphatic rings. The molecule has 1 unspecified atom stereocenters. The van der Waals surface area contributed by atoms with E-state index in [1.165, 1.54) is 6.07 Å². The number of rotatable bonds is 7. The van der Waals surface area contributed by atoms with Crippen LogP contribution < -0.4 is 16.0 Å². The van der Waals surface area contributed by atoms with Gasteiger partial charge in [0.25, 0.3) is 0 Å². The number of aryl methyl sites for hydroxylation is 1. The first kappa shape index (κ1) is 19.8. The van der Waals surface area contributed by atoms with E-state index in [4.69, 9.17) is 4.74 Å². The van der Waals surface area contributed by atoms with Gasteiger partial charge < -0.3 is 20.7 Å². The lowest BCUT2D eigenvalue weighted by atomic mass is 10.1. The molecule has 28 heavy (non-hydrogen) atoms. The molecule has 0 aromatic heterocycles. The molecule has 1 aliphatic heterocycles. The van der Waals surface area contributed by atoms with Crippen molar-refractivity contribution in [2.24, 2.45) is 0 Å². The van der Waals surface area contributed by atoms with Crippen molar-refractivity contribution < 1.29 is 18.7 Å². The number of benzene rings is 2. The minimum absolute atomic E-state index is 0.0905. The number of nitrogens with one attached hydrogen (secondary N) is 3. The standard InChI is InChI=1S/C21H24FN3O3/c22-19-6-2-1-4-15(19)7-12-20(26)24-16-8-10-17(11-9-16)25-21(27)23-14-18-5-3-13-28-18/h1-2,4,6,8-11,18H,3,5,7,12-14H2,(H,24,26)(H2,23,25,27). The van der Waals surface area contributed by atoms with Gasteiger partial charge in [-0.25, -0.2) is 9.18 Å². The second-order valence-corrected chi connectivity index (χ2v) is 6.69. The lowest BCUT2D eigenvalue weighted by Crippen LogP contribution is -2.35. The minimum Gasteiger partial charge on any atom is -0.376 e. The normalized spacial score (nSPS) is 15.8. The third-order valence-electron chi connectivity index (χ3n) is 4.52. The third kappa shape index (κ3) is 6.06. The molecule has 0 spiro atoms. The molecule has 1 heterocycles. The number of carbonyl (C=O) groups is 2. The van der Waals surface area contributed by atoms with Gasteiger partial charge in [-0.05, 0) is 55.2 Å². The van der Waals surface area contributed by atoms with E-state index in [0.717, 1.165) is 19.4 Å². The predicted molar refractivity (Wildman–Crippen MR) is 106 cm³/mol. The van der Waals surface area contributed by atoms with Gasteiger partial charge in [0.15, 0.2) is 0 Å². The first-order valence-electron chi connectivity index (χ1n) is 9.40. The number of hydrogen-bond donors (Lipinski definition) is 3. The van der Waals surface area contributed by atoms with Gasteiger partial charge in [0, 0.05) is 30.9 Å². The average molecular weight is 385 g/mol. The summed E-state index contributed by atoms with van der Waals surface area (Å²) in [5.74, 6) is -0.498. The summed E-state index contributed by atoms with van der Waals surface area (Å²) in [6, 6.07) is 13.0. The molecule has 1 saturated heterocycles. The zero-order chi connectivity index (χ0) is 19.8. The van der Waals surface area contributed by atoms with Crippen LogP contribution in [0.25, 0.3) is 0 Å². The molecule has 2 aromatic carbocycles. The molecule has 6 nitrogen and oxygen atoms in total. The van der Waals surface area contributed by atoms with Crippen molar-refractivity contribution in [2.75, 3.05) is 23.8 Å². The lowest BCUT2D eigenvalue weighted by molar-refractivity contribution is -0.116. The smallest absolute Gasteiger partial charge is 0.319 e. The fourth-order valence-electron chi connectivity index (χ4n) is 3.00. The summed E-state index contributed by atoms with van der Waals surface area (Å²) in [5.41, 5.74) is 1.75. The first-order chi connectivity index (χ1) is 13.6. The molecule has 2 aromatic rings. The molecular weight excluding hydrogens is 361 g/mol. The summed E-state index contributed by atoms with van der Waals surface area (Å²) < 4.78 is 19.0. The van der Waals surface area contributed by atoms with E-state index in [0.29, 0.717) is 29.9 Å². The fraction of sp³-hybridized carbons (Fsp3) is 0.333. The van der Waals surface area contributed by atoms with E-state index in [1.54, 1.807) is 42.5 Å². The second kappa shape index (κ2) is 9.85. The number of ether oxygens (including phenoxy) is 1. The molecular formula is C21H24FN3O3. The monoisotopic (exact) mass is 385 g/mol. The van der Waals surface area contributed by atoms with Crippen molar-refractivity contribution in [1.29, 1.82) is 0 Å². The van der Waals surface area contributed by atoms with Crippen LogP contribution in [-0.2, 0) is 16.0 Å². The van der Waals surface area contributed by atoms with Crippen LogP contribution >= 0.6 is 0 Å². The molecule has 1 atom stereocenters. The Balaban J connectivity index is 1.41. The van der Waals surface area contributed by atoms with Gasteiger partial charge in [-0.2, -0.15) is 0 Å². The fourth-order valence-corrected chi connectivity index (χ4v) is 3.00. The summed E-state index contributed by atoms with van der Waals surface area (Å²) in [5, 5.41) is 8.29. The number of carbonyl (C=O) groups excluding carboxylic acids is 2. The third-order valence-corrected chi connectivity index (χ3v) is 4.52. The minimum atomic E-state index is -0.302. The Hall–Kier alpha value is -2.93. The molecule has 0 radical (unpaired) electrons. The van der Waals surface area contributed by atoms with Gasteiger partial charge in [-0.15, -0.1) is 0 Å². The van der Waals surface area contributed by atoms with Gasteiger partial charge in [0.1, 0.15) is 5.82 Å². The number of anilines is 2. The Labute approximate surface area is 163 Å². The highest BCUT2D eigenvalue weighted by Crippen LogP contribution is 2.15. The zero-order valence-corrected chi connectivity index (χ0v) is 15.5. The molecule has 3 rings (SSSR count). The van der Waals surface area contributed by atoms with Crippen LogP contribution in [0.5, 0.6) is 0 Å². The van der Waals surface area contributed by atoms with Gasteiger partial charge in [-0.1, -0.05) is 18.2 Å². The van der Waals surface area contributed by atoms with Crippen LogP contribution in [0, 0.1) is 5.82 Å². The van der Waals surface area contributed by atoms with Gasteiger partial charge in [0.2, 0.25) is 5.91 Å². The zero-order valence-electron chi connectivity index (χ0n) is 15.5. The van der Waals surface area contributed by atoms with Crippen molar-refractivity contribution in [3.63, 3.8) is 0 Å². The maximum atomic E-state index is 13.6. The second-order valence-electron chi connectivity index (χ2n) is 6.69. The van der Waals surface area contributed by atoms with Gasteiger partial charge >= 0.3 is 6.03 Å². The van der Waals surface area contributed by atoms with E-state index in [-0.39, 0.29) is 30.3 Å². The Bertz CT molecular complexity index is 805. The van der Waals surface area contributed by atoms with E-state index in [9.17, 15) is 14.0 Å². The summed E-state index contributed by atoms with van der Waals surface area (Å²) >= 11 is 0. The van der Waals surface area contributed by atoms with Gasteiger partial charge in [-0.3, -0.25) is 4.79 Å². The van der Waals surface area contributed by atoms with Crippen LogP contribution in [0.15, 0.2) is 48.5 Å². The molecule has 148 valence electrons. The number of halogens is 1. The Morgan fingerprint density at radius 2 is 1.75 bits per heavy atom. The van der Waals surface area contributed by atoms with Crippen molar-refractivity contribution in [1.82, 2.24) is 5.32 Å². The van der Waals surface area contributed by atoms with Crippen molar-refractivity contribution in [3.8, 4) is 0 Å². The average Bonchev–Trinajstić information content (AvgIpc) is 3.21. The summed E-state index contributed by atoms with van der Waals surface area (Å²) in [6.45, 7) is 1.24. The Morgan fingerprint density at radius 3 is 2.43 bits per heavy atom. The molecule has 7 heteroatoms. The van der Waals surface area contributed by atoms with Crippen LogP contribution in [0.2, 0.25) is 0 Å². The molecule has 3 N–H and O–H groups in total. The topological polar surface area (TPSA) is 79.5 Å². The summed E-state index contributed by atoms with van der Waals surface area (Å²) in [7, 11) is 0. The highest BCUT2D eigenvalue weighted by Gasteiger charge is 2.16. The van der Waals surface area contributed by atoms with E-state index in [1.807, 2.05) is 0 Å². The number of hydrogen-bond acceptors (Lipinski definition) is 3. The number of amides is 3.